The summed E-state index contributed by atoms with van der Waals surface area (Å²) in [6.45, 7) is 10.3. The molecular weight excluding hydrogens is 539 g/mol. The van der Waals surface area contributed by atoms with Gasteiger partial charge in [-0.05, 0) is 63.9 Å². The summed E-state index contributed by atoms with van der Waals surface area (Å²) >= 11 is 0. The van der Waals surface area contributed by atoms with Crippen LogP contribution in [0, 0.1) is 6.92 Å². The summed E-state index contributed by atoms with van der Waals surface area (Å²) in [4.78, 5) is 4.48. The molecular formula is C23H35IN4O3S. The van der Waals surface area contributed by atoms with Crippen molar-refractivity contribution in [2.45, 2.75) is 57.7 Å². The van der Waals surface area contributed by atoms with Crippen molar-refractivity contribution in [2.75, 3.05) is 13.6 Å². The number of sulfonamides is 1. The minimum atomic E-state index is -3.64. The highest BCUT2D eigenvalue weighted by molar-refractivity contribution is 14.0. The zero-order valence-electron chi connectivity index (χ0n) is 19.6. The van der Waals surface area contributed by atoms with Gasteiger partial charge < -0.3 is 15.4 Å². The summed E-state index contributed by atoms with van der Waals surface area (Å²) < 4.78 is 34.2. The van der Waals surface area contributed by atoms with Gasteiger partial charge in [-0.1, -0.05) is 30.3 Å². The van der Waals surface area contributed by atoms with Crippen molar-refractivity contribution in [3.63, 3.8) is 0 Å². The monoisotopic (exact) mass is 574 g/mol. The number of hydrogen-bond donors (Lipinski definition) is 3. The van der Waals surface area contributed by atoms with Crippen LogP contribution in [0.15, 0.2) is 58.4 Å². The van der Waals surface area contributed by atoms with Crippen LogP contribution in [-0.4, -0.2) is 39.6 Å². The van der Waals surface area contributed by atoms with Gasteiger partial charge in [-0.25, -0.2) is 13.1 Å². The Bertz CT molecular complexity index is 1000. The quantitative estimate of drug-likeness (QED) is 0.254. The third-order valence-electron chi connectivity index (χ3n) is 4.26. The Morgan fingerprint density at radius 1 is 1.09 bits per heavy atom. The summed E-state index contributed by atoms with van der Waals surface area (Å²) in [6.07, 6.45) is -0.0796. The molecule has 9 heteroatoms. The second-order valence-corrected chi connectivity index (χ2v) is 10.2. The van der Waals surface area contributed by atoms with Gasteiger partial charge in [0.05, 0.1) is 11.4 Å². The van der Waals surface area contributed by atoms with Gasteiger partial charge in [0.2, 0.25) is 10.0 Å². The number of guanidine groups is 1. The average molecular weight is 575 g/mol. The number of benzene rings is 2. The van der Waals surface area contributed by atoms with E-state index < -0.39 is 15.6 Å². The van der Waals surface area contributed by atoms with Gasteiger partial charge >= 0.3 is 0 Å². The van der Waals surface area contributed by atoms with Crippen molar-refractivity contribution >= 4 is 40.0 Å². The zero-order chi connectivity index (χ0) is 23.1. The molecule has 0 saturated carbocycles. The third-order valence-corrected chi connectivity index (χ3v) is 6.11. The van der Waals surface area contributed by atoms with Crippen LogP contribution in [0.3, 0.4) is 0 Å². The number of nitrogens with one attached hydrogen (secondary N) is 3. The molecule has 7 nitrogen and oxygen atoms in total. The van der Waals surface area contributed by atoms with E-state index in [-0.39, 0.29) is 35.0 Å². The number of nitrogens with zero attached hydrogens (tertiary/aromatic N) is 1. The highest BCUT2D eigenvalue weighted by atomic mass is 127. The maximum Gasteiger partial charge on any atom is 0.241 e. The molecule has 2 aromatic rings. The molecule has 1 atom stereocenters. The van der Waals surface area contributed by atoms with E-state index in [1.165, 1.54) is 0 Å². The largest absolute Gasteiger partial charge is 0.489 e. The minimum Gasteiger partial charge on any atom is -0.489 e. The molecule has 0 heterocycles. The number of ether oxygens (including phenoxy) is 1. The summed E-state index contributed by atoms with van der Waals surface area (Å²) in [7, 11) is -1.97. The zero-order valence-corrected chi connectivity index (χ0v) is 22.7. The topological polar surface area (TPSA) is 91.8 Å². The lowest BCUT2D eigenvalue weighted by Gasteiger charge is -2.22. The van der Waals surface area contributed by atoms with E-state index in [4.69, 9.17) is 4.74 Å². The molecule has 0 fully saturated rings. The van der Waals surface area contributed by atoms with E-state index in [1.54, 1.807) is 25.2 Å². The molecule has 0 aromatic heterocycles. The predicted molar refractivity (Wildman–Crippen MR) is 141 cm³/mol. The maximum absolute atomic E-state index is 12.8. The van der Waals surface area contributed by atoms with Crippen LogP contribution in [-0.2, 0) is 16.6 Å². The molecule has 2 aromatic carbocycles. The summed E-state index contributed by atoms with van der Waals surface area (Å²) in [5, 5.41) is 6.40. The molecule has 0 amide bonds. The van der Waals surface area contributed by atoms with Crippen molar-refractivity contribution in [3.05, 3.63) is 59.7 Å². The van der Waals surface area contributed by atoms with Gasteiger partial charge in [0.15, 0.2) is 5.96 Å². The van der Waals surface area contributed by atoms with Crippen LogP contribution >= 0.6 is 24.0 Å². The summed E-state index contributed by atoms with van der Waals surface area (Å²) in [6, 6.07) is 14.9. The number of aryl methyl sites for hydroxylation is 1. The number of hydrogen-bond acceptors (Lipinski definition) is 4. The normalized spacial score (nSPS) is 13.1. The maximum atomic E-state index is 12.8. The van der Waals surface area contributed by atoms with Crippen LogP contribution in [0.2, 0.25) is 0 Å². The summed E-state index contributed by atoms with van der Waals surface area (Å²) in [5.74, 6) is 1.39. The number of rotatable bonds is 8. The molecule has 0 aliphatic heterocycles. The molecule has 178 valence electrons. The molecule has 3 N–H and O–H groups in total. The van der Waals surface area contributed by atoms with E-state index in [9.17, 15) is 8.42 Å². The van der Waals surface area contributed by atoms with Gasteiger partial charge in [0, 0.05) is 19.1 Å². The molecule has 0 aliphatic carbocycles. The minimum absolute atomic E-state index is 0. The Morgan fingerprint density at radius 3 is 2.41 bits per heavy atom. The Kier molecular flexibility index (Phi) is 10.9. The fourth-order valence-electron chi connectivity index (χ4n) is 2.97. The highest BCUT2D eigenvalue weighted by Gasteiger charge is 2.24. The molecule has 2 rings (SSSR count). The highest BCUT2D eigenvalue weighted by Crippen LogP contribution is 2.18. The molecule has 32 heavy (non-hydrogen) atoms. The average Bonchev–Trinajstić information content (AvgIpc) is 2.66. The van der Waals surface area contributed by atoms with Gasteiger partial charge in [0.25, 0.3) is 0 Å². The van der Waals surface area contributed by atoms with E-state index in [0.29, 0.717) is 24.6 Å². The number of halogens is 1. The number of aliphatic imine (C=N–C) groups is 1. The van der Waals surface area contributed by atoms with Gasteiger partial charge in [-0.2, -0.15) is 0 Å². The predicted octanol–water partition coefficient (Wildman–Crippen LogP) is 3.82. The Hall–Kier alpha value is -1.85. The Balaban J connectivity index is 0.00000512. The Morgan fingerprint density at radius 2 is 1.78 bits per heavy atom. The molecule has 0 aliphatic rings. The second kappa shape index (κ2) is 12.4. The molecule has 0 spiro atoms. The van der Waals surface area contributed by atoms with Crippen LogP contribution in [0.1, 0.15) is 38.8 Å². The first kappa shape index (κ1) is 28.2. The van der Waals surface area contributed by atoms with Crippen molar-refractivity contribution in [3.8, 4) is 5.75 Å². The lowest BCUT2D eigenvalue weighted by atomic mass is 10.1. The van der Waals surface area contributed by atoms with Crippen molar-refractivity contribution in [1.29, 1.82) is 0 Å². The first-order chi connectivity index (χ1) is 14.5. The molecule has 1 unspecified atom stereocenters. The van der Waals surface area contributed by atoms with Crippen molar-refractivity contribution in [2.24, 2.45) is 4.99 Å². The lowest BCUT2D eigenvalue weighted by molar-refractivity contribution is 0.223. The van der Waals surface area contributed by atoms with E-state index in [1.807, 2.05) is 65.0 Å². The van der Waals surface area contributed by atoms with Crippen LogP contribution in [0.25, 0.3) is 0 Å². The van der Waals surface area contributed by atoms with Gasteiger partial charge in [-0.3, -0.25) is 4.99 Å². The van der Waals surface area contributed by atoms with Crippen LogP contribution in [0.4, 0.5) is 0 Å². The molecule has 0 radical (unpaired) electrons. The van der Waals surface area contributed by atoms with Crippen molar-refractivity contribution < 1.29 is 13.2 Å². The summed E-state index contributed by atoms with van der Waals surface area (Å²) in [5.41, 5.74) is 1.24. The first-order valence-electron chi connectivity index (χ1n) is 10.3. The van der Waals surface area contributed by atoms with Crippen molar-refractivity contribution in [1.82, 2.24) is 15.4 Å². The smallest absolute Gasteiger partial charge is 0.241 e. The van der Waals surface area contributed by atoms with Crippen LogP contribution < -0.4 is 20.1 Å². The van der Waals surface area contributed by atoms with Crippen LogP contribution in [0.5, 0.6) is 5.75 Å². The SMILES string of the molecule is CN=C(NCc1ccccc1S(=O)(=O)NC(C)(C)C)NCC(C)Oc1cccc(C)c1.I. The third kappa shape index (κ3) is 9.33. The van der Waals surface area contributed by atoms with Gasteiger partial charge in [-0.15, -0.1) is 24.0 Å². The van der Waals surface area contributed by atoms with E-state index >= 15 is 0 Å². The lowest BCUT2D eigenvalue weighted by Crippen LogP contribution is -2.42. The molecule has 0 saturated heterocycles. The van der Waals surface area contributed by atoms with E-state index in [2.05, 4.69) is 20.3 Å². The standard InChI is InChI=1S/C23H34N4O3S.HI/c1-17-10-9-12-20(14-17)30-18(2)15-25-22(24-6)26-16-19-11-7-8-13-21(19)31(28,29)27-23(3,4)5;/h7-14,18,27H,15-16H2,1-6H3,(H2,24,25,26);1H. The second-order valence-electron chi connectivity index (χ2n) is 8.51. The fraction of sp³-hybridized carbons (Fsp3) is 0.435. The first-order valence-corrected chi connectivity index (χ1v) is 11.8. The fourth-order valence-corrected chi connectivity index (χ4v) is 4.63. The molecule has 0 bridgehead atoms. The Labute approximate surface area is 209 Å². The van der Waals surface area contributed by atoms with E-state index in [0.717, 1.165) is 11.3 Å². The van der Waals surface area contributed by atoms with Gasteiger partial charge in [0.1, 0.15) is 11.9 Å².